The largest absolute Gasteiger partial charge is 0.344 e. The van der Waals surface area contributed by atoms with E-state index in [9.17, 15) is 9.65 Å². The Bertz CT molecular complexity index is 1180. The van der Waals surface area contributed by atoms with Gasteiger partial charge in [0.1, 0.15) is 16.9 Å². The van der Waals surface area contributed by atoms with Gasteiger partial charge >= 0.3 is 0 Å². The molecule has 0 atom stereocenters. The summed E-state index contributed by atoms with van der Waals surface area (Å²) in [5.41, 5.74) is 5.18. The van der Waals surface area contributed by atoms with E-state index in [1.165, 1.54) is 23.5 Å². The molecule has 4 rings (SSSR count). The third-order valence-corrected chi connectivity index (χ3v) is 5.39. The number of nitriles is 1. The summed E-state index contributed by atoms with van der Waals surface area (Å²) < 4.78 is 15.2. The third-order valence-electron chi connectivity index (χ3n) is 4.52. The molecule has 0 saturated carbocycles. The van der Waals surface area contributed by atoms with Gasteiger partial charge in [-0.25, -0.2) is 9.37 Å². The van der Waals surface area contributed by atoms with Crippen LogP contribution in [0.3, 0.4) is 0 Å². The molecule has 3 nitrogen and oxygen atoms in total. The van der Waals surface area contributed by atoms with Crippen molar-refractivity contribution in [1.82, 2.24) is 9.55 Å². The zero-order chi connectivity index (χ0) is 19.5. The van der Waals surface area contributed by atoms with Crippen LogP contribution in [0.1, 0.15) is 10.7 Å². The van der Waals surface area contributed by atoms with Gasteiger partial charge in [-0.2, -0.15) is 5.26 Å². The fraction of sp³-hybridized carbons (Fsp3) is 0.0435. The van der Waals surface area contributed by atoms with Crippen molar-refractivity contribution in [3.63, 3.8) is 0 Å². The van der Waals surface area contributed by atoms with Gasteiger partial charge in [0.2, 0.25) is 0 Å². The van der Waals surface area contributed by atoms with Crippen LogP contribution >= 0.6 is 11.3 Å². The molecule has 0 N–H and O–H groups in total. The molecule has 0 spiro atoms. The second-order valence-electron chi connectivity index (χ2n) is 6.28. The molecule has 0 unspecified atom stereocenters. The summed E-state index contributed by atoms with van der Waals surface area (Å²) in [4.78, 5) is 4.57. The van der Waals surface area contributed by atoms with Gasteiger partial charge in [0.05, 0.1) is 11.3 Å². The zero-order valence-corrected chi connectivity index (χ0v) is 15.9. The van der Waals surface area contributed by atoms with Crippen LogP contribution in [-0.2, 0) is 7.05 Å². The molecule has 136 valence electrons. The highest BCUT2D eigenvalue weighted by molar-refractivity contribution is 7.11. The molecular formula is C23H16FN3S. The first kappa shape index (κ1) is 17.9. The number of aromatic nitrogens is 2. The summed E-state index contributed by atoms with van der Waals surface area (Å²) in [5.74, 6) is -0.283. The molecule has 4 aromatic rings. The fourth-order valence-electron chi connectivity index (χ4n) is 3.01. The van der Waals surface area contributed by atoms with Gasteiger partial charge in [-0.3, -0.25) is 0 Å². The number of hydrogen-bond donors (Lipinski definition) is 0. The molecule has 0 aliphatic heterocycles. The molecule has 0 bridgehead atoms. The normalized spacial score (nSPS) is 11.4. The van der Waals surface area contributed by atoms with Crippen LogP contribution in [0, 0.1) is 17.1 Å². The van der Waals surface area contributed by atoms with Crippen LogP contribution in [0.2, 0.25) is 0 Å². The summed E-state index contributed by atoms with van der Waals surface area (Å²) in [6.07, 6.45) is 1.85. The predicted octanol–water partition coefficient (Wildman–Crippen LogP) is 6.02. The van der Waals surface area contributed by atoms with Crippen molar-refractivity contribution in [1.29, 1.82) is 5.26 Å². The van der Waals surface area contributed by atoms with Crippen molar-refractivity contribution in [2.24, 2.45) is 7.05 Å². The van der Waals surface area contributed by atoms with E-state index in [1.807, 2.05) is 48.8 Å². The lowest BCUT2D eigenvalue weighted by atomic mass is 10.2. The average molecular weight is 385 g/mol. The molecule has 0 amide bonds. The molecular weight excluding hydrogens is 369 g/mol. The van der Waals surface area contributed by atoms with E-state index in [-0.39, 0.29) is 5.82 Å². The van der Waals surface area contributed by atoms with Crippen LogP contribution < -0.4 is 0 Å². The van der Waals surface area contributed by atoms with E-state index in [0.717, 1.165) is 28.2 Å². The summed E-state index contributed by atoms with van der Waals surface area (Å²) in [6, 6.07) is 22.6. The minimum Gasteiger partial charge on any atom is -0.344 e. The number of benzene rings is 2. The minimum absolute atomic E-state index is 0.283. The second-order valence-corrected chi connectivity index (χ2v) is 7.14. The monoisotopic (exact) mass is 385 g/mol. The number of allylic oxidation sites excluding steroid dienone is 1. The third kappa shape index (κ3) is 3.51. The van der Waals surface area contributed by atoms with Crippen LogP contribution in [0.15, 0.2) is 72.1 Å². The SMILES string of the molecule is Cn1c(C=C(C#N)c2nc(-c3ccc(F)cc3)cs2)ccc1-c1ccccc1. The maximum absolute atomic E-state index is 13.1. The van der Waals surface area contributed by atoms with Crippen molar-refractivity contribution in [3.8, 4) is 28.6 Å². The molecule has 2 heterocycles. The van der Waals surface area contributed by atoms with Gasteiger partial charge in [-0.15, -0.1) is 11.3 Å². The summed E-state index contributed by atoms with van der Waals surface area (Å²) in [6.45, 7) is 0. The quantitative estimate of drug-likeness (QED) is 0.403. The van der Waals surface area contributed by atoms with E-state index >= 15 is 0 Å². The maximum atomic E-state index is 13.1. The Hall–Kier alpha value is -3.49. The van der Waals surface area contributed by atoms with Gasteiger partial charge in [-0.1, -0.05) is 30.3 Å². The molecule has 0 saturated heterocycles. The Kier molecular flexibility index (Phi) is 4.88. The van der Waals surface area contributed by atoms with Gasteiger partial charge in [0, 0.05) is 29.4 Å². The summed E-state index contributed by atoms with van der Waals surface area (Å²) >= 11 is 1.40. The topological polar surface area (TPSA) is 41.6 Å². The minimum atomic E-state index is -0.283. The molecule has 0 aliphatic carbocycles. The van der Waals surface area contributed by atoms with Crippen molar-refractivity contribution in [2.75, 3.05) is 0 Å². The molecule has 5 heteroatoms. The predicted molar refractivity (Wildman–Crippen MR) is 112 cm³/mol. The number of rotatable bonds is 4. The van der Waals surface area contributed by atoms with Crippen LogP contribution in [0.5, 0.6) is 0 Å². The van der Waals surface area contributed by atoms with Gasteiger partial charge in [0.15, 0.2) is 0 Å². The Morgan fingerprint density at radius 3 is 2.50 bits per heavy atom. The Labute approximate surface area is 166 Å². The highest BCUT2D eigenvalue weighted by Crippen LogP contribution is 2.28. The van der Waals surface area contributed by atoms with Crippen molar-refractivity contribution < 1.29 is 4.39 Å². The van der Waals surface area contributed by atoms with Crippen molar-refractivity contribution >= 4 is 23.0 Å². The highest BCUT2D eigenvalue weighted by Gasteiger charge is 2.11. The first-order chi connectivity index (χ1) is 13.7. The van der Waals surface area contributed by atoms with Crippen molar-refractivity contribution in [3.05, 3.63) is 88.6 Å². The Balaban J connectivity index is 1.67. The molecule has 2 aromatic carbocycles. The van der Waals surface area contributed by atoms with Gasteiger partial charge in [-0.05, 0) is 48.0 Å². The van der Waals surface area contributed by atoms with E-state index in [0.29, 0.717) is 10.6 Å². The van der Waals surface area contributed by atoms with E-state index in [1.54, 1.807) is 12.1 Å². The number of halogens is 1. The van der Waals surface area contributed by atoms with Gasteiger partial charge < -0.3 is 4.57 Å². The van der Waals surface area contributed by atoms with E-state index in [2.05, 4.69) is 27.8 Å². The lowest BCUT2D eigenvalue weighted by molar-refractivity contribution is 0.628. The molecule has 2 aromatic heterocycles. The molecule has 28 heavy (non-hydrogen) atoms. The molecule has 0 radical (unpaired) electrons. The first-order valence-corrected chi connectivity index (χ1v) is 9.58. The average Bonchev–Trinajstić information content (AvgIpc) is 3.35. The number of hydrogen-bond acceptors (Lipinski definition) is 3. The van der Waals surface area contributed by atoms with Crippen LogP contribution in [0.25, 0.3) is 34.2 Å². The standard InChI is InChI=1S/C23H16FN3S/c1-27-20(11-12-22(27)17-5-3-2-4-6-17)13-18(14-25)23-26-21(15-28-23)16-7-9-19(24)10-8-16/h2-13,15H,1H3. The highest BCUT2D eigenvalue weighted by atomic mass is 32.1. The van der Waals surface area contributed by atoms with Gasteiger partial charge in [0.25, 0.3) is 0 Å². The lowest BCUT2D eigenvalue weighted by Gasteiger charge is -2.05. The van der Waals surface area contributed by atoms with Crippen LogP contribution in [0.4, 0.5) is 4.39 Å². The second kappa shape index (κ2) is 7.63. The van der Waals surface area contributed by atoms with Crippen molar-refractivity contribution in [2.45, 2.75) is 0 Å². The number of nitrogens with zero attached hydrogens (tertiary/aromatic N) is 3. The molecule has 0 aliphatic rings. The summed E-state index contributed by atoms with van der Waals surface area (Å²) in [7, 11) is 1.98. The van der Waals surface area contributed by atoms with E-state index in [4.69, 9.17) is 0 Å². The summed E-state index contributed by atoms with van der Waals surface area (Å²) in [5, 5.41) is 12.2. The number of thiazole rings is 1. The zero-order valence-electron chi connectivity index (χ0n) is 15.1. The van der Waals surface area contributed by atoms with Crippen LogP contribution in [-0.4, -0.2) is 9.55 Å². The maximum Gasteiger partial charge on any atom is 0.134 e. The first-order valence-electron chi connectivity index (χ1n) is 8.70. The Morgan fingerprint density at radius 1 is 1.04 bits per heavy atom. The lowest BCUT2D eigenvalue weighted by Crippen LogP contribution is -1.94. The molecule has 0 fully saturated rings. The Morgan fingerprint density at radius 2 is 1.79 bits per heavy atom. The fourth-order valence-corrected chi connectivity index (χ4v) is 3.81. The smallest absolute Gasteiger partial charge is 0.134 e. The van der Waals surface area contributed by atoms with E-state index < -0.39 is 0 Å².